The zero-order valence-electron chi connectivity index (χ0n) is 30.5. The highest BCUT2D eigenvalue weighted by Gasteiger charge is 2.49. The molecule has 0 radical (unpaired) electrons. The molecule has 16 heteroatoms. The van der Waals surface area contributed by atoms with Crippen LogP contribution in [0, 0.1) is 23.7 Å². The lowest BCUT2D eigenvalue weighted by molar-refractivity contribution is -0.144. The van der Waals surface area contributed by atoms with Crippen molar-refractivity contribution in [3.63, 3.8) is 0 Å². The Balaban J connectivity index is 0.934. The number of alkyl carbamates (subject to hydrolysis) is 1. The number of ether oxygens (including phenoxy) is 4. The summed E-state index contributed by atoms with van der Waals surface area (Å²) >= 11 is 0. The molecule has 0 aromatic carbocycles. The van der Waals surface area contributed by atoms with Gasteiger partial charge in [-0.05, 0) is 71.6 Å². The summed E-state index contributed by atoms with van der Waals surface area (Å²) in [5.74, 6) is -0.242. The average Bonchev–Trinajstić information content (AvgIpc) is 3.40. The van der Waals surface area contributed by atoms with Crippen LogP contribution in [-0.2, 0) is 38.1 Å². The lowest BCUT2D eigenvalue weighted by Crippen LogP contribution is -2.66. The van der Waals surface area contributed by atoms with Gasteiger partial charge in [-0.15, -0.1) is 0 Å². The Labute approximate surface area is 300 Å². The number of nitrogens with one attached hydrogen (secondary N) is 6. The van der Waals surface area contributed by atoms with Gasteiger partial charge >= 0.3 is 6.09 Å². The van der Waals surface area contributed by atoms with Gasteiger partial charge < -0.3 is 39.8 Å². The molecule has 3 heterocycles. The minimum absolute atomic E-state index is 0.0378. The molecular formula is C35H59N7O9. The second kappa shape index (κ2) is 18.7. The molecule has 288 valence electrons. The van der Waals surface area contributed by atoms with Crippen molar-refractivity contribution in [2.75, 3.05) is 65.9 Å². The van der Waals surface area contributed by atoms with Crippen LogP contribution in [0.15, 0.2) is 0 Å². The van der Waals surface area contributed by atoms with Crippen molar-refractivity contribution in [3.05, 3.63) is 0 Å². The molecule has 8 unspecified atom stereocenters. The van der Waals surface area contributed by atoms with Crippen LogP contribution in [0.2, 0.25) is 0 Å². The van der Waals surface area contributed by atoms with E-state index >= 15 is 0 Å². The molecule has 3 saturated heterocycles. The summed E-state index contributed by atoms with van der Waals surface area (Å²) in [6, 6.07) is -0.0535. The largest absolute Gasteiger partial charge is 0.444 e. The SMILES string of the molecule is CC(C)(C)OC(=O)NCCOCCOCCOCCNC(=O)C1CCC2NCNC(NC3CCC4CN(C5CCC(=O)NC5=O)C(=O)C4C3)C2C1. The second-order valence-electron chi connectivity index (χ2n) is 15.4. The third-order valence-corrected chi connectivity index (χ3v) is 10.6. The molecule has 2 saturated carbocycles. The molecule has 5 aliphatic rings. The van der Waals surface area contributed by atoms with E-state index in [0.717, 1.165) is 38.5 Å². The van der Waals surface area contributed by atoms with Gasteiger partial charge in [0.2, 0.25) is 23.6 Å². The van der Waals surface area contributed by atoms with Gasteiger partial charge in [-0.2, -0.15) is 0 Å². The van der Waals surface area contributed by atoms with E-state index in [1.807, 2.05) is 20.8 Å². The van der Waals surface area contributed by atoms with Crippen LogP contribution in [0.25, 0.3) is 0 Å². The molecule has 16 nitrogen and oxygen atoms in total. The van der Waals surface area contributed by atoms with Crippen molar-refractivity contribution in [3.8, 4) is 0 Å². The van der Waals surface area contributed by atoms with Crippen molar-refractivity contribution in [2.45, 2.75) is 102 Å². The molecule has 0 aromatic rings. The molecule has 0 aromatic heterocycles. The fraction of sp³-hybridized carbons (Fsp3) is 0.857. The molecule has 6 N–H and O–H groups in total. The lowest BCUT2D eigenvalue weighted by atomic mass is 9.74. The van der Waals surface area contributed by atoms with Crippen LogP contribution in [0.1, 0.15) is 72.1 Å². The quantitative estimate of drug-likeness (QED) is 0.0921. The number of likely N-dealkylation sites (tertiary alicyclic amines) is 1. The molecule has 0 bridgehead atoms. The van der Waals surface area contributed by atoms with E-state index < -0.39 is 17.7 Å². The Hall–Kier alpha value is -2.89. The first kappa shape index (κ1) is 39.3. The number of imide groups is 1. The zero-order chi connectivity index (χ0) is 36.4. The molecule has 2 aliphatic carbocycles. The minimum Gasteiger partial charge on any atom is -0.444 e. The number of carbonyl (C=O) groups is 5. The third-order valence-electron chi connectivity index (χ3n) is 10.6. The second-order valence-corrected chi connectivity index (χ2v) is 15.4. The van der Waals surface area contributed by atoms with Gasteiger partial charge in [-0.1, -0.05) is 0 Å². The molecule has 5 amide bonds. The van der Waals surface area contributed by atoms with Crippen LogP contribution >= 0.6 is 0 Å². The highest BCUT2D eigenvalue weighted by molar-refractivity contribution is 6.02. The van der Waals surface area contributed by atoms with Crippen LogP contribution in [0.5, 0.6) is 0 Å². The lowest BCUT2D eigenvalue weighted by Gasteiger charge is -2.46. The first-order valence-electron chi connectivity index (χ1n) is 18.8. The number of fused-ring (bicyclic) bond motifs is 2. The first-order valence-corrected chi connectivity index (χ1v) is 18.8. The van der Waals surface area contributed by atoms with Gasteiger partial charge in [-0.3, -0.25) is 35.1 Å². The summed E-state index contributed by atoms with van der Waals surface area (Å²) in [5, 5.41) is 19.1. The summed E-state index contributed by atoms with van der Waals surface area (Å²) in [6.45, 7) is 9.92. The number of rotatable bonds is 16. The molecule has 8 atom stereocenters. The van der Waals surface area contributed by atoms with E-state index in [-0.39, 0.29) is 65.9 Å². The number of hydrogen-bond acceptors (Lipinski definition) is 12. The number of amides is 5. The van der Waals surface area contributed by atoms with Gasteiger partial charge in [0.1, 0.15) is 11.6 Å². The van der Waals surface area contributed by atoms with Crippen LogP contribution < -0.4 is 31.9 Å². The van der Waals surface area contributed by atoms with E-state index in [1.165, 1.54) is 0 Å². The van der Waals surface area contributed by atoms with Crippen LogP contribution in [-0.4, -0.2) is 130 Å². The fourth-order valence-corrected chi connectivity index (χ4v) is 8.15. The Morgan fingerprint density at radius 3 is 2.25 bits per heavy atom. The molecule has 3 aliphatic heterocycles. The zero-order valence-corrected chi connectivity index (χ0v) is 30.5. The number of hydrogen-bond donors (Lipinski definition) is 6. The topological polar surface area (TPSA) is 198 Å². The van der Waals surface area contributed by atoms with Crippen LogP contribution in [0.4, 0.5) is 4.79 Å². The maximum atomic E-state index is 13.5. The monoisotopic (exact) mass is 721 g/mol. The summed E-state index contributed by atoms with van der Waals surface area (Å²) in [7, 11) is 0. The molecule has 51 heavy (non-hydrogen) atoms. The summed E-state index contributed by atoms with van der Waals surface area (Å²) < 4.78 is 21.7. The molecule has 5 rings (SSSR count). The smallest absolute Gasteiger partial charge is 0.407 e. The Kier molecular flexibility index (Phi) is 14.4. The van der Waals surface area contributed by atoms with Crippen molar-refractivity contribution >= 4 is 29.7 Å². The van der Waals surface area contributed by atoms with Crippen molar-refractivity contribution in [2.24, 2.45) is 23.7 Å². The normalized spacial score (nSPS) is 31.0. The maximum Gasteiger partial charge on any atom is 0.407 e. The highest BCUT2D eigenvalue weighted by atomic mass is 16.6. The minimum atomic E-state index is -0.546. The highest BCUT2D eigenvalue weighted by Crippen LogP contribution is 2.40. The maximum absolute atomic E-state index is 13.5. The van der Waals surface area contributed by atoms with E-state index in [9.17, 15) is 24.0 Å². The van der Waals surface area contributed by atoms with Crippen molar-refractivity contribution < 1.29 is 42.9 Å². The van der Waals surface area contributed by atoms with Gasteiger partial charge in [0.25, 0.3) is 0 Å². The molecular weight excluding hydrogens is 662 g/mol. The van der Waals surface area contributed by atoms with E-state index in [0.29, 0.717) is 78.4 Å². The van der Waals surface area contributed by atoms with Gasteiger partial charge in [0.15, 0.2) is 0 Å². The predicted molar refractivity (Wildman–Crippen MR) is 185 cm³/mol. The standard InChI is InChI=1S/C35H59N7O9/c1-35(2,3)51-34(47)37-11-13-49-15-17-50-16-14-48-12-10-36-31(44)22-5-7-27-26(18-22)30(39-21-38-27)40-24-6-4-23-20-42(33(46)25(23)19-24)28-8-9-29(43)41-32(28)45/h22-28,30,38-40H,4-21H2,1-3H3,(H,36,44)(H,37,47)(H,41,43,45). The van der Waals surface area contributed by atoms with Gasteiger partial charge in [0, 0.05) is 62.6 Å². The van der Waals surface area contributed by atoms with E-state index in [1.54, 1.807) is 4.90 Å². The van der Waals surface area contributed by atoms with Gasteiger partial charge in [-0.25, -0.2) is 4.79 Å². The summed E-state index contributed by atoms with van der Waals surface area (Å²) in [6.07, 6.45) is 5.37. The predicted octanol–water partition coefficient (Wildman–Crippen LogP) is -0.0397. The van der Waals surface area contributed by atoms with Gasteiger partial charge in [0.05, 0.1) is 45.8 Å². The first-order chi connectivity index (χ1) is 24.5. The average molecular weight is 722 g/mol. The summed E-state index contributed by atoms with van der Waals surface area (Å²) in [4.78, 5) is 64.0. The molecule has 0 spiro atoms. The summed E-state index contributed by atoms with van der Waals surface area (Å²) in [5.41, 5.74) is -0.532. The molecule has 5 fully saturated rings. The van der Waals surface area contributed by atoms with Crippen molar-refractivity contribution in [1.82, 2.24) is 36.8 Å². The van der Waals surface area contributed by atoms with Crippen LogP contribution in [0.3, 0.4) is 0 Å². The number of piperidine rings is 1. The van der Waals surface area contributed by atoms with E-state index in [4.69, 9.17) is 18.9 Å². The Morgan fingerprint density at radius 1 is 0.843 bits per heavy atom. The third kappa shape index (κ3) is 11.5. The Bertz CT molecular complexity index is 1220. The van der Waals surface area contributed by atoms with Crippen molar-refractivity contribution in [1.29, 1.82) is 0 Å². The number of carbonyl (C=O) groups excluding carboxylic acids is 5. The fourth-order valence-electron chi connectivity index (χ4n) is 8.15. The Morgan fingerprint density at radius 2 is 1.55 bits per heavy atom. The van der Waals surface area contributed by atoms with E-state index in [2.05, 4.69) is 31.9 Å². The number of nitrogens with zero attached hydrogens (tertiary/aromatic N) is 1.